The minimum atomic E-state index is -1.40. The van der Waals surface area contributed by atoms with E-state index >= 15 is 0 Å². The summed E-state index contributed by atoms with van der Waals surface area (Å²) in [5.74, 6) is 0. The predicted octanol–water partition coefficient (Wildman–Crippen LogP) is 3.16. The van der Waals surface area contributed by atoms with Gasteiger partial charge in [0.2, 0.25) is 0 Å². The van der Waals surface area contributed by atoms with Gasteiger partial charge < -0.3 is 14.6 Å². The van der Waals surface area contributed by atoms with Crippen molar-refractivity contribution in [3.8, 4) is 0 Å². The molecule has 0 radical (unpaired) electrons. The van der Waals surface area contributed by atoms with Crippen molar-refractivity contribution >= 4 is 11.0 Å². The van der Waals surface area contributed by atoms with E-state index in [4.69, 9.17) is 9.47 Å². The van der Waals surface area contributed by atoms with Crippen molar-refractivity contribution in [2.45, 2.75) is 57.3 Å². The summed E-state index contributed by atoms with van der Waals surface area (Å²) >= 11 is 0. The second-order valence-corrected chi connectivity index (χ2v) is 9.72. The fraction of sp³-hybridized carbons (Fsp3) is 0.500. The third-order valence-corrected chi connectivity index (χ3v) is 5.90. The molecule has 1 heterocycles. The number of benzene rings is 1. The molecule has 0 amide bonds. The fourth-order valence-corrected chi connectivity index (χ4v) is 3.60. The van der Waals surface area contributed by atoms with Crippen LogP contribution in [0.3, 0.4) is 0 Å². The third kappa shape index (κ3) is 7.60. The van der Waals surface area contributed by atoms with Gasteiger partial charge in [-0.15, -0.1) is 0 Å². The lowest BCUT2D eigenvalue weighted by Gasteiger charge is -2.33. The molecule has 0 saturated carbocycles. The van der Waals surface area contributed by atoms with Crippen LogP contribution in [0.25, 0.3) is 0 Å². The van der Waals surface area contributed by atoms with Crippen molar-refractivity contribution in [1.82, 2.24) is 9.71 Å². The zero-order valence-corrected chi connectivity index (χ0v) is 18.4. The number of aliphatic hydroxyl groups excluding tert-OH is 1. The zero-order chi connectivity index (χ0) is 21.3. The summed E-state index contributed by atoms with van der Waals surface area (Å²) in [6.07, 6.45) is 0.115. The number of pyridine rings is 1. The van der Waals surface area contributed by atoms with Crippen LogP contribution in [0.2, 0.25) is 0 Å². The summed E-state index contributed by atoms with van der Waals surface area (Å²) in [5, 5.41) is 11.0. The highest BCUT2D eigenvalue weighted by Crippen LogP contribution is 2.22. The fourth-order valence-electron chi connectivity index (χ4n) is 2.72. The van der Waals surface area contributed by atoms with Crippen LogP contribution < -0.4 is 4.72 Å². The molecule has 0 aliphatic carbocycles. The Morgan fingerprint density at radius 1 is 1.14 bits per heavy atom. The highest BCUT2D eigenvalue weighted by Gasteiger charge is 2.35. The number of nitrogens with zero attached hydrogens (tertiary/aromatic N) is 1. The van der Waals surface area contributed by atoms with Gasteiger partial charge in [-0.2, -0.15) is 0 Å². The van der Waals surface area contributed by atoms with Crippen LogP contribution in [-0.2, 0) is 27.1 Å². The summed E-state index contributed by atoms with van der Waals surface area (Å²) in [4.78, 5) is 4.25. The Hall–Kier alpha value is -1.64. The van der Waals surface area contributed by atoms with Crippen molar-refractivity contribution in [3.63, 3.8) is 0 Å². The van der Waals surface area contributed by atoms with Gasteiger partial charge in [0.05, 0.1) is 46.8 Å². The van der Waals surface area contributed by atoms with E-state index < -0.39 is 34.0 Å². The van der Waals surface area contributed by atoms with Crippen LogP contribution in [0, 0.1) is 0 Å². The van der Waals surface area contributed by atoms with E-state index in [1.807, 2.05) is 64.1 Å². The Balaban J connectivity index is 2.17. The van der Waals surface area contributed by atoms with E-state index in [1.54, 1.807) is 18.3 Å². The van der Waals surface area contributed by atoms with Crippen molar-refractivity contribution < 1.29 is 18.8 Å². The minimum Gasteiger partial charge on any atom is -0.385 e. The van der Waals surface area contributed by atoms with Crippen molar-refractivity contribution in [2.24, 2.45) is 0 Å². The largest absolute Gasteiger partial charge is 0.385 e. The van der Waals surface area contributed by atoms with Crippen LogP contribution in [0.4, 0.5) is 0 Å². The van der Waals surface area contributed by atoms with Gasteiger partial charge in [0.15, 0.2) is 0 Å². The number of aliphatic hydroxyl groups is 1. The summed E-state index contributed by atoms with van der Waals surface area (Å²) in [7, 11) is -1.40. The second-order valence-electron chi connectivity index (χ2n) is 7.72. The summed E-state index contributed by atoms with van der Waals surface area (Å²) in [6, 6.07) is 14.5. The number of hydrogen-bond donors (Lipinski definition) is 2. The standard InChI is InChI=1S/C22H32N2O4S/c1-5-28-19(16-27-15-17-11-7-6-8-12-17)20(24-29(26)22(2,3)4)21(25)18-13-9-10-14-23-18/h6-14,19-21,24-25H,5,15-16H2,1-4H3/t19-,20+,21?,29?/m1/s1. The molecule has 0 spiro atoms. The Bertz CT molecular complexity index is 737. The Morgan fingerprint density at radius 2 is 1.83 bits per heavy atom. The first kappa shape index (κ1) is 23.6. The lowest BCUT2D eigenvalue weighted by molar-refractivity contribution is -0.0567. The van der Waals surface area contributed by atoms with E-state index in [-0.39, 0.29) is 6.61 Å². The number of hydrogen-bond acceptors (Lipinski definition) is 5. The van der Waals surface area contributed by atoms with Gasteiger partial charge in [-0.3, -0.25) is 4.98 Å². The van der Waals surface area contributed by atoms with E-state index in [9.17, 15) is 9.32 Å². The van der Waals surface area contributed by atoms with Crippen molar-refractivity contribution in [3.05, 3.63) is 66.0 Å². The van der Waals surface area contributed by atoms with E-state index in [2.05, 4.69) is 9.71 Å². The van der Waals surface area contributed by atoms with E-state index in [0.29, 0.717) is 18.9 Å². The van der Waals surface area contributed by atoms with E-state index in [0.717, 1.165) is 5.56 Å². The van der Waals surface area contributed by atoms with Crippen LogP contribution >= 0.6 is 0 Å². The smallest absolute Gasteiger partial charge is 0.115 e. The molecular formula is C22H32N2O4S. The first-order valence-corrected chi connectivity index (χ1v) is 11.0. The molecule has 1 aromatic heterocycles. The van der Waals surface area contributed by atoms with Gasteiger partial charge in [0.1, 0.15) is 6.10 Å². The monoisotopic (exact) mass is 420 g/mol. The molecule has 160 valence electrons. The lowest BCUT2D eigenvalue weighted by Crippen LogP contribution is -2.51. The molecule has 7 heteroatoms. The van der Waals surface area contributed by atoms with Crippen molar-refractivity contribution in [2.75, 3.05) is 13.2 Å². The molecule has 29 heavy (non-hydrogen) atoms. The molecule has 2 N–H and O–H groups in total. The quantitative estimate of drug-likeness (QED) is 0.584. The normalized spacial score (nSPS) is 16.2. The molecule has 2 unspecified atom stereocenters. The molecule has 0 saturated heterocycles. The van der Waals surface area contributed by atoms with Crippen LogP contribution in [0.15, 0.2) is 54.7 Å². The molecule has 6 nitrogen and oxygen atoms in total. The third-order valence-electron chi connectivity index (χ3n) is 4.31. The SMILES string of the molecule is CCO[C@H](COCc1ccccc1)[C@H](NS(=O)C(C)(C)C)C(O)c1ccccn1. The number of aromatic nitrogens is 1. The molecular weight excluding hydrogens is 388 g/mol. The molecule has 0 aliphatic rings. The van der Waals surface area contributed by atoms with Gasteiger partial charge >= 0.3 is 0 Å². The number of nitrogens with one attached hydrogen (secondary N) is 1. The minimum absolute atomic E-state index is 0.242. The average molecular weight is 421 g/mol. The predicted molar refractivity (Wildman–Crippen MR) is 116 cm³/mol. The zero-order valence-electron chi connectivity index (χ0n) is 17.6. The molecule has 0 fully saturated rings. The summed E-state index contributed by atoms with van der Waals surface area (Å²) in [6.45, 7) is 8.63. The van der Waals surface area contributed by atoms with Crippen molar-refractivity contribution in [1.29, 1.82) is 0 Å². The highest BCUT2D eigenvalue weighted by atomic mass is 32.2. The van der Waals surface area contributed by atoms with Crippen LogP contribution in [-0.4, -0.2) is 44.4 Å². The first-order chi connectivity index (χ1) is 13.8. The summed E-state index contributed by atoms with van der Waals surface area (Å²) < 4.78 is 27.1. The highest BCUT2D eigenvalue weighted by molar-refractivity contribution is 7.84. The van der Waals surface area contributed by atoms with Gasteiger partial charge in [-0.05, 0) is 45.4 Å². The second kappa shape index (κ2) is 11.5. The molecule has 4 atom stereocenters. The van der Waals surface area contributed by atoms with Gasteiger partial charge in [-0.25, -0.2) is 8.93 Å². The van der Waals surface area contributed by atoms with Crippen LogP contribution in [0.5, 0.6) is 0 Å². The average Bonchev–Trinajstić information content (AvgIpc) is 2.71. The summed E-state index contributed by atoms with van der Waals surface area (Å²) in [5.41, 5.74) is 1.54. The Morgan fingerprint density at radius 3 is 2.41 bits per heavy atom. The number of rotatable bonds is 11. The Labute approximate surface area is 176 Å². The van der Waals surface area contributed by atoms with Gasteiger partial charge in [0, 0.05) is 12.8 Å². The van der Waals surface area contributed by atoms with Gasteiger partial charge in [-0.1, -0.05) is 36.4 Å². The molecule has 2 aromatic rings. The number of ether oxygens (including phenoxy) is 2. The molecule has 0 bridgehead atoms. The van der Waals surface area contributed by atoms with Gasteiger partial charge in [0.25, 0.3) is 0 Å². The maximum absolute atomic E-state index is 12.8. The molecule has 1 aromatic carbocycles. The topological polar surface area (TPSA) is 80.7 Å². The first-order valence-electron chi connectivity index (χ1n) is 9.83. The lowest BCUT2D eigenvalue weighted by atomic mass is 10.0. The molecule has 0 aliphatic heterocycles. The maximum atomic E-state index is 12.8. The van der Waals surface area contributed by atoms with Crippen LogP contribution in [0.1, 0.15) is 45.1 Å². The van der Waals surface area contributed by atoms with E-state index in [1.165, 1.54) is 0 Å². The Kier molecular flexibility index (Phi) is 9.39. The maximum Gasteiger partial charge on any atom is 0.115 e. The molecule has 2 rings (SSSR count).